The van der Waals surface area contributed by atoms with Gasteiger partial charge in [0.05, 0.1) is 105 Å². The molecule has 0 unspecified atom stereocenters. The Morgan fingerprint density at radius 3 is 1.06 bits per heavy atom. The fourth-order valence-corrected chi connectivity index (χ4v) is 12.8. The van der Waals surface area contributed by atoms with Crippen molar-refractivity contribution >= 4 is 99.5 Å². The van der Waals surface area contributed by atoms with Crippen molar-refractivity contribution in [2.45, 2.75) is 171 Å². The zero-order valence-electron chi connectivity index (χ0n) is 76.7. The van der Waals surface area contributed by atoms with Gasteiger partial charge in [-0.1, -0.05) is 88.3 Å². The molecular weight excluding hydrogens is 1650 g/mol. The Kier molecular flexibility index (Phi) is 48.7. The van der Waals surface area contributed by atoms with E-state index in [4.69, 9.17) is 45.4 Å². The normalized spacial score (nSPS) is 12.8. The van der Waals surface area contributed by atoms with Gasteiger partial charge in [-0.05, 0) is 85.8 Å². The summed E-state index contributed by atoms with van der Waals surface area (Å²) in [5.74, 6) is -3.03. The molecule has 11 N–H and O–H groups in total. The largest absolute Gasteiger partial charge is 0.496 e. The maximum atomic E-state index is 13.2. The Labute approximate surface area is 742 Å². The molecule has 0 saturated carbocycles. The zero-order valence-corrected chi connectivity index (χ0v) is 77.6. The fourth-order valence-electron chi connectivity index (χ4n) is 12.8. The summed E-state index contributed by atoms with van der Waals surface area (Å²) in [5, 5.41) is 27.0. The molecule has 2 aromatic carbocycles. The number of imidazole rings is 5. The number of halogens is 1. The summed E-state index contributed by atoms with van der Waals surface area (Å²) < 4.78 is 43.2. The number of amides is 3. The van der Waals surface area contributed by atoms with Gasteiger partial charge in [-0.15, -0.1) is 12.4 Å². The standard InChI is InChI=1S/C25H32N4O5.C15H25N3O3.C14H24N4O3.C10H9NO3.C9H14N2O2.C8H13N3O2.C7H14O2.ClH/c1-15(2)9-16(10-22(30)20-12-18-19(27-20)7-6-8-23(18)33-4)24(31)28-21(25(32)34-5)11-17-13-26-14-29(17)3;1-10(2)6-11(3)14(19)17-13(15(20)21-5)7-12-8-16-9-18(12)4;1-9(2)5-11(15)13(19)17-12(14(20)21-4)6-10-7-16-8-18(10)3;1-14-9-4-2-3-7-6(9)5-8(11-7)10(12)13;1-7(9(12)13-3)4-8-5-10-6-11(8)2;1-11-5-10-4-6(11)3-7(9)8(12)13-2;1-5(2)4-6(3)7(8)9;/h6-8,12-16,21,27H,9-11H2,1-5H3,(H,28,31);8-11,13H,6-7H2,1-5H3,(H,17,19);7-9,11-12H,5-6,15H2,1-4H3,(H,17,19);2-5,11H,1H3,(H,12,13);5-7H,4H2,1-3H3;4-5,7H,3,9H2,1-2H3;5-6H,4H2,1-3H3,(H,8,9);1H/t16-,21+;11-,13-;11-,12-;;2*7-;6-;/m100.000./s1. The summed E-state index contributed by atoms with van der Waals surface area (Å²) in [4.78, 5) is 156. The second kappa shape index (κ2) is 55.9. The van der Waals surface area contributed by atoms with Crippen LogP contribution in [0, 0.1) is 47.3 Å². The van der Waals surface area contributed by atoms with Gasteiger partial charge in [0.1, 0.15) is 41.4 Å². The number of Topliss-reactive ketones (excluding diaryl/α,β-unsaturated/α-hetero) is 1. The van der Waals surface area contributed by atoms with E-state index in [-0.39, 0.29) is 84.1 Å². The van der Waals surface area contributed by atoms with Gasteiger partial charge >= 0.3 is 41.8 Å². The maximum absolute atomic E-state index is 13.2. The van der Waals surface area contributed by atoms with Gasteiger partial charge in [0.15, 0.2) is 5.78 Å². The molecule has 0 aliphatic rings. The van der Waals surface area contributed by atoms with Crippen LogP contribution in [0.5, 0.6) is 11.5 Å². The summed E-state index contributed by atoms with van der Waals surface area (Å²) in [6.45, 7) is 21.6. The van der Waals surface area contributed by atoms with Gasteiger partial charge in [0, 0.05) is 167 Å². The smallest absolute Gasteiger partial charge is 0.352 e. The van der Waals surface area contributed by atoms with Gasteiger partial charge in [0.2, 0.25) is 17.7 Å². The first-order valence-corrected chi connectivity index (χ1v) is 40.9. The van der Waals surface area contributed by atoms with E-state index >= 15 is 0 Å². The van der Waals surface area contributed by atoms with Crippen LogP contribution in [0.4, 0.5) is 0 Å². The summed E-state index contributed by atoms with van der Waals surface area (Å²) in [6.07, 6.45) is 21.4. The highest BCUT2D eigenvalue weighted by molar-refractivity contribution is 6.03. The minimum Gasteiger partial charge on any atom is -0.496 e. The molecule has 9 rings (SSSR count). The molecule has 0 spiro atoms. The summed E-state index contributed by atoms with van der Waals surface area (Å²) in [7, 11) is 19.0. The lowest BCUT2D eigenvalue weighted by Gasteiger charge is -2.22. The van der Waals surface area contributed by atoms with E-state index in [1.54, 1.807) is 111 Å². The van der Waals surface area contributed by atoms with Crippen molar-refractivity contribution in [2.24, 2.45) is 94.0 Å². The summed E-state index contributed by atoms with van der Waals surface area (Å²) >= 11 is 0. The van der Waals surface area contributed by atoms with E-state index in [2.05, 4.69) is 74.2 Å². The number of hydrogen-bond donors (Lipinski definition) is 9. The molecule has 0 radical (unpaired) electrons. The molecular formula is C88H132ClN17O20. The van der Waals surface area contributed by atoms with E-state index in [0.717, 1.165) is 63.1 Å². The van der Waals surface area contributed by atoms with Crippen molar-refractivity contribution in [3.05, 3.63) is 151 Å². The van der Waals surface area contributed by atoms with Crippen LogP contribution in [0.25, 0.3) is 21.8 Å². The van der Waals surface area contributed by atoms with Crippen LogP contribution < -0.4 is 36.9 Å². The summed E-state index contributed by atoms with van der Waals surface area (Å²) in [6, 6.07) is 10.7. The molecule has 37 nitrogen and oxygen atoms in total. The number of nitrogens with two attached hydrogens (primary N) is 2. The molecule has 0 saturated heterocycles. The predicted molar refractivity (Wildman–Crippen MR) is 476 cm³/mol. The van der Waals surface area contributed by atoms with Gasteiger partial charge in [-0.2, -0.15) is 0 Å². The predicted octanol–water partition coefficient (Wildman–Crippen LogP) is 8.63. The number of ether oxygens (including phenoxy) is 7. The van der Waals surface area contributed by atoms with E-state index in [1.165, 1.54) is 35.5 Å². The second-order valence-corrected chi connectivity index (χ2v) is 31.9. The van der Waals surface area contributed by atoms with E-state index in [1.807, 2.05) is 135 Å². The number of nitrogens with one attached hydrogen (secondary N) is 5. The van der Waals surface area contributed by atoms with Gasteiger partial charge in [0.25, 0.3) is 0 Å². The van der Waals surface area contributed by atoms with Crippen molar-refractivity contribution in [1.29, 1.82) is 0 Å². The molecule has 38 heteroatoms. The average molecular weight is 1780 g/mol. The highest BCUT2D eigenvalue weighted by atomic mass is 35.5. The Bertz CT molecular complexity index is 4730. The molecule has 0 aliphatic heterocycles. The van der Waals surface area contributed by atoms with Crippen molar-refractivity contribution in [3.63, 3.8) is 0 Å². The number of fused-ring (bicyclic) bond motifs is 2. The summed E-state index contributed by atoms with van der Waals surface area (Å²) in [5.41, 5.74) is 18.0. The first kappa shape index (κ1) is 110. The quantitative estimate of drug-likeness (QED) is 0.0101. The number of aryl methyl sites for hydroxylation is 5. The molecule has 9 atom stereocenters. The number of carboxylic acids is 2. The van der Waals surface area contributed by atoms with Crippen LogP contribution in [0.1, 0.15) is 158 Å². The number of carbonyl (C=O) groups excluding carboxylic acids is 9. The third-order valence-electron chi connectivity index (χ3n) is 19.6. The molecule has 0 fully saturated rings. The first-order valence-electron chi connectivity index (χ1n) is 40.9. The number of benzene rings is 2. The SMILES string of the molecule is CC(C)C[C@H](C)C(=O)O.COC(=O)[C@@H](C)Cc1cncn1C.COC(=O)[C@@H](N)Cc1cncn1C.COC(=O)[C@H](Cc1cncn1C)NC(=O)[C@@H](C)CC(C)C.COC(=O)[C@H](Cc1cncn1C)NC(=O)[C@@H](CC(=O)c1cc2c(OC)cccc2[nH]1)CC(C)C.COC(=O)[C@H](Cc1cncn1C)NC(=O)[C@@H](N)CC(C)C.COc1cccc2[nH]c(C(=O)O)cc12.Cl. The topological polar surface area (TPSA) is 502 Å². The van der Waals surface area contributed by atoms with Crippen molar-refractivity contribution in [2.75, 3.05) is 49.8 Å². The van der Waals surface area contributed by atoms with E-state index in [9.17, 15) is 52.7 Å². The van der Waals surface area contributed by atoms with Crippen LogP contribution >= 0.6 is 12.4 Å². The Balaban J connectivity index is 0.000000518. The number of aliphatic carboxylic acids is 1. The lowest BCUT2D eigenvalue weighted by Crippen LogP contribution is -2.50. The number of aromatic carboxylic acids is 1. The fraction of sp³-hybridized carbons (Fsp3) is 0.523. The molecule has 0 aliphatic carbocycles. The molecule has 0 bridgehead atoms. The highest BCUT2D eigenvalue weighted by Gasteiger charge is 2.32. The number of carboxylic acid groups (broad SMARTS) is 2. The average Bonchev–Trinajstić information content (AvgIpc) is 1.67. The number of ketones is 1. The van der Waals surface area contributed by atoms with Crippen LogP contribution in [-0.2, 0) is 134 Å². The number of carbonyl (C=O) groups is 11. The number of rotatable bonds is 36. The molecule has 126 heavy (non-hydrogen) atoms. The first-order chi connectivity index (χ1) is 59.0. The number of H-pyrrole nitrogens is 2. The lowest BCUT2D eigenvalue weighted by molar-refractivity contribution is -0.145. The maximum Gasteiger partial charge on any atom is 0.352 e. The molecule has 9 aromatic rings. The molecule has 696 valence electrons. The van der Waals surface area contributed by atoms with Gasteiger partial charge in [-0.3, -0.25) is 33.6 Å². The molecule has 3 amide bonds. The Morgan fingerprint density at radius 1 is 0.397 bits per heavy atom. The number of nitrogens with zero attached hydrogens (tertiary/aromatic N) is 10. The Hall–Kier alpha value is -12.3. The zero-order chi connectivity index (χ0) is 94.1. The van der Waals surface area contributed by atoms with Gasteiger partial charge in [-0.25, -0.2) is 44.1 Å². The third-order valence-corrected chi connectivity index (χ3v) is 19.6. The van der Waals surface area contributed by atoms with E-state index < -0.39 is 71.9 Å². The van der Waals surface area contributed by atoms with Crippen LogP contribution in [0.3, 0.4) is 0 Å². The molecule has 7 aromatic heterocycles. The minimum atomic E-state index is -0.969. The Morgan fingerprint density at radius 2 is 0.730 bits per heavy atom. The number of hydrogen-bond acceptors (Lipinski definition) is 25. The molecule has 7 heterocycles. The number of aromatic nitrogens is 12. The number of aromatic amines is 2. The van der Waals surface area contributed by atoms with Crippen molar-refractivity contribution in [1.82, 2.24) is 73.7 Å². The number of esters is 5. The number of methoxy groups -OCH3 is 7. The van der Waals surface area contributed by atoms with Crippen molar-refractivity contribution < 1.29 is 96.1 Å². The monoisotopic (exact) mass is 1780 g/mol. The highest BCUT2D eigenvalue weighted by Crippen LogP contribution is 2.29. The minimum absolute atomic E-state index is 0. The third kappa shape index (κ3) is 37.3. The van der Waals surface area contributed by atoms with Crippen molar-refractivity contribution in [3.8, 4) is 11.5 Å². The van der Waals surface area contributed by atoms with Gasteiger partial charge < -0.3 is 104 Å². The van der Waals surface area contributed by atoms with Crippen LogP contribution in [0.2, 0.25) is 0 Å². The van der Waals surface area contributed by atoms with E-state index in [0.29, 0.717) is 73.5 Å². The van der Waals surface area contributed by atoms with Crippen LogP contribution in [0.15, 0.2) is 111 Å². The second-order valence-electron chi connectivity index (χ2n) is 31.9. The van der Waals surface area contributed by atoms with Crippen LogP contribution in [-0.4, -0.2) is 213 Å². The lowest BCUT2D eigenvalue weighted by atomic mass is 9.90.